The summed E-state index contributed by atoms with van der Waals surface area (Å²) in [5.41, 5.74) is 2.63. The van der Waals surface area contributed by atoms with Gasteiger partial charge in [0.2, 0.25) is 0 Å². The minimum absolute atomic E-state index is 0.0628. The predicted octanol–water partition coefficient (Wildman–Crippen LogP) is 4.03. The molecular weight excluding hydrogens is 362 g/mol. The van der Waals surface area contributed by atoms with E-state index in [1.54, 1.807) is 14.0 Å². The molecule has 1 saturated heterocycles. The number of methoxy groups -OCH3 is 1. The summed E-state index contributed by atoms with van der Waals surface area (Å²) in [6.45, 7) is 5.27. The number of amidine groups is 1. The van der Waals surface area contributed by atoms with Crippen LogP contribution >= 0.6 is 0 Å². The lowest BCUT2D eigenvalue weighted by molar-refractivity contribution is 0.101. The average molecular weight is 387 g/mol. The highest BCUT2D eigenvalue weighted by Crippen LogP contribution is 2.24. The fourth-order valence-electron chi connectivity index (χ4n) is 3.58. The molecule has 5 nitrogen and oxygen atoms in total. The Bertz CT molecular complexity index is 1050. The number of rotatable bonds is 4. The fraction of sp³-hybridized carbons (Fsp3) is 0.250. The van der Waals surface area contributed by atoms with E-state index in [4.69, 9.17) is 9.73 Å². The van der Waals surface area contributed by atoms with Gasteiger partial charge in [-0.05, 0) is 60.2 Å². The lowest BCUT2D eigenvalue weighted by atomic mass is 10.0. The lowest BCUT2D eigenvalue weighted by Crippen LogP contribution is -2.46. The van der Waals surface area contributed by atoms with Gasteiger partial charge in [-0.3, -0.25) is 4.79 Å². The minimum Gasteiger partial charge on any atom is -0.497 e. The van der Waals surface area contributed by atoms with Crippen LogP contribution < -0.4 is 10.1 Å². The summed E-state index contributed by atoms with van der Waals surface area (Å²) in [4.78, 5) is 18.8. The van der Waals surface area contributed by atoms with Gasteiger partial charge in [0.05, 0.1) is 12.8 Å². The van der Waals surface area contributed by atoms with Crippen LogP contribution in [0.5, 0.6) is 5.75 Å². The number of hydrogen-bond donors (Lipinski definition) is 1. The van der Waals surface area contributed by atoms with Crippen molar-refractivity contribution in [3.8, 4) is 5.75 Å². The number of aliphatic imine (C=N–C) groups is 1. The van der Waals surface area contributed by atoms with Crippen LogP contribution in [0.1, 0.15) is 22.8 Å². The second kappa shape index (κ2) is 8.45. The van der Waals surface area contributed by atoms with Gasteiger partial charge < -0.3 is 15.0 Å². The van der Waals surface area contributed by atoms with Crippen molar-refractivity contribution in [1.29, 1.82) is 0 Å². The van der Waals surface area contributed by atoms with Crippen molar-refractivity contribution in [2.45, 2.75) is 6.92 Å². The molecule has 148 valence electrons. The zero-order valence-corrected chi connectivity index (χ0v) is 16.8. The van der Waals surface area contributed by atoms with Crippen LogP contribution in [-0.2, 0) is 0 Å². The highest BCUT2D eigenvalue weighted by atomic mass is 16.5. The summed E-state index contributed by atoms with van der Waals surface area (Å²) >= 11 is 0. The number of benzene rings is 3. The number of carbonyl (C=O) groups excluding carboxylic acids is 1. The van der Waals surface area contributed by atoms with Gasteiger partial charge in [-0.2, -0.15) is 0 Å². The van der Waals surface area contributed by atoms with Gasteiger partial charge in [0.1, 0.15) is 11.6 Å². The van der Waals surface area contributed by atoms with Gasteiger partial charge in [-0.25, -0.2) is 4.99 Å². The van der Waals surface area contributed by atoms with Crippen molar-refractivity contribution in [2.75, 3.05) is 33.3 Å². The topological polar surface area (TPSA) is 53.9 Å². The van der Waals surface area contributed by atoms with Crippen molar-refractivity contribution in [1.82, 2.24) is 10.2 Å². The average Bonchev–Trinajstić information content (AvgIpc) is 2.77. The van der Waals surface area contributed by atoms with E-state index in [1.807, 2.05) is 36.4 Å². The molecular formula is C24H25N3O2. The van der Waals surface area contributed by atoms with Gasteiger partial charge in [-0.1, -0.05) is 18.2 Å². The molecule has 1 N–H and O–H groups in total. The first-order chi connectivity index (χ1) is 14.1. The number of nitrogens with zero attached hydrogens (tertiary/aromatic N) is 2. The molecule has 0 aliphatic carbocycles. The summed E-state index contributed by atoms with van der Waals surface area (Å²) in [7, 11) is 1.68. The summed E-state index contributed by atoms with van der Waals surface area (Å²) in [6, 6.07) is 20.0. The third kappa shape index (κ3) is 4.30. The van der Waals surface area contributed by atoms with E-state index < -0.39 is 0 Å². The molecule has 0 atom stereocenters. The molecule has 29 heavy (non-hydrogen) atoms. The van der Waals surface area contributed by atoms with Crippen molar-refractivity contribution in [3.05, 3.63) is 71.8 Å². The minimum atomic E-state index is 0.0628. The first kappa shape index (κ1) is 19.2. The SMILES string of the molecule is COc1ccc2cc(C(=Nc3ccc(C(C)=O)cc3)N3CCNCC3)ccc2c1. The van der Waals surface area contributed by atoms with E-state index >= 15 is 0 Å². The second-order valence-corrected chi connectivity index (χ2v) is 7.20. The highest BCUT2D eigenvalue weighted by molar-refractivity contribution is 6.03. The third-order valence-corrected chi connectivity index (χ3v) is 5.23. The van der Waals surface area contributed by atoms with E-state index in [0.29, 0.717) is 5.56 Å². The van der Waals surface area contributed by atoms with Crippen molar-refractivity contribution >= 4 is 28.1 Å². The molecule has 0 unspecified atom stereocenters. The van der Waals surface area contributed by atoms with Crippen LogP contribution in [0.2, 0.25) is 0 Å². The number of nitrogens with one attached hydrogen (secondary N) is 1. The van der Waals surface area contributed by atoms with Gasteiger partial charge >= 0.3 is 0 Å². The molecule has 1 aliphatic heterocycles. The molecule has 1 aliphatic rings. The third-order valence-electron chi connectivity index (χ3n) is 5.23. The van der Waals surface area contributed by atoms with Gasteiger partial charge in [0.25, 0.3) is 0 Å². The smallest absolute Gasteiger partial charge is 0.159 e. The Kier molecular flexibility index (Phi) is 5.58. The molecule has 0 spiro atoms. The maximum Gasteiger partial charge on any atom is 0.159 e. The molecule has 0 amide bonds. The van der Waals surface area contributed by atoms with Crippen molar-refractivity contribution in [3.63, 3.8) is 0 Å². The standard InChI is InChI=1S/C24H25N3O2/c1-17(28)18-5-8-22(9-6-18)26-24(27-13-11-25-12-14-27)21-4-3-20-16-23(29-2)10-7-19(20)15-21/h3-10,15-16,25H,11-14H2,1-2H3. The normalized spacial score (nSPS) is 14.8. The number of fused-ring (bicyclic) bond motifs is 1. The van der Waals surface area contributed by atoms with E-state index in [-0.39, 0.29) is 5.78 Å². The first-order valence-corrected chi connectivity index (χ1v) is 9.87. The van der Waals surface area contributed by atoms with Crippen LogP contribution in [0.3, 0.4) is 0 Å². The van der Waals surface area contributed by atoms with Crippen LogP contribution in [0.15, 0.2) is 65.7 Å². The summed E-state index contributed by atoms with van der Waals surface area (Å²) in [5.74, 6) is 1.87. The number of carbonyl (C=O) groups is 1. The molecule has 3 aromatic rings. The molecule has 0 aromatic heterocycles. The highest BCUT2D eigenvalue weighted by Gasteiger charge is 2.17. The number of ether oxygens (including phenoxy) is 1. The molecule has 0 radical (unpaired) electrons. The van der Waals surface area contributed by atoms with Gasteiger partial charge in [0.15, 0.2) is 5.78 Å². The molecule has 3 aromatic carbocycles. The van der Waals surface area contributed by atoms with Gasteiger partial charge in [-0.15, -0.1) is 0 Å². The summed E-state index contributed by atoms with van der Waals surface area (Å²) in [5, 5.41) is 5.69. The monoisotopic (exact) mass is 387 g/mol. The predicted molar refractivity (Wildman–Crippen MR) is 118 cm³/mol. The number of Topliss-reactive ketones (excluding diaryl/α,β-unsaturated/α-hetero) is 1. The summed E-state index contributed by atoms with van der Waals surface area (Å²) in [6.07, 6.45) is 0. The fourth-order valence-corrected chi connectivity index (χ4v) is 3.58. The van der Waals surface area contributed by atoms with Gasteiger partial charge in [0, 0.05) is 37.3 Å². The molecule has 5 heteroatoms. The Balaban J connectivity index is 1.75. The first-order valence-electron chi connectivity index (χ1n) is 9.87. The Morgan fingerprint density at radius 1 is 0.931 bits per heavy atom. The number of piperazine rings is 1. The zero-order valence-electron chi connectivity index (χ0n) is 16.8. The lowest BCUT2D eigenvalue weighted by Gasteiger charge is -2.30. The molecule has 0 bridgehead atoms. The maximum absolute atomic E-state index is 11.6. The summed E-state index contributed by atoms with van der Waals surface area (Å²) < 4.78 is 5.34. The van der Waals surface area contributed by atoms with E-state index in [0.717, 1.165) is 59.8 Å². The second-order valence-electron chi connectivity index (χ2n) is 7.20. The van der Waals surface area contributed by atoms with Crippen LogP contribution in [0.25, 0.3) is 10.8 Å². The Morgan fingerprint density at radius 2 is 1.59 bits per heavy atom. The Labute approximate surface area is 171 Å². The Morgan fingerprint density at radius 3 is 2.28 bits per heavy atom. The molecule has 1 fully saturated rings. The van der Waals surface area contributed by atoms with Crippen molar-refractivity contribution in [2.24, 2.45) is 4.99 Å². The molecule has 4 rings (SSSR count). The van der Waals surface area contributed by atoms with Crippen LogP contribution in [0.4, 0.5) is 5.69 Å². The quantitative estimate of drug-likeness (QED) is 0.417. The number of hydrogen-bond acceptors (Lipinski definition) is 4. The van der Waals surface area contributed by atoms with Crippen LogP contribution in [0, 0.1) is 0 Å². The van der Waals surface area contributed by atoms with E-state index in [1.165, 1.54) is 0 Å². The molecule has 0 saturated carbocycles. The van der Waals surface area contributed by atoms with Crippen molar-refractivity contribution < 1.29 is 9.53 Å². The largest absolute Gasteiger partial charge is 0.497 e. The number of ketones is 1. The van der Waals surface area contributed by atoms with E-state index in [9.17, 15) is 4.79 Å². The Hall–Kier alpha value is -3.18. The maximum atomic E-state index is 11.6. The van der Waals surface area contributed by atoms with E-state index in [2.05, 4.69) is 34.5 Å². The van der Waals surface area contributed by atoms with Crippen LogP contribution in [-0.4, -0.2) is 49.8 Å². The zero-order chi connectivity index (χ0) is 20.2. The molecule has 1 heterocycles.